The summed E-state index contributed by atoms with van der Waals surface area (Å²) in [5.41, 5.74) is 15.8. The Morgan fingerprint density at radius 2 is 1.50 bits per heavy atom. The predicted octanol–water partition coefficient (Wildman–Crippen LogP) is -1.94. The Morgan fingerprint density at radius 1 is 0.962 bits per heavy atom. The minimum absolute atomic E-state index is 0.0465. The van der Waals surface area contributed by atoms with Gasteiger partial charge >= 0.3 is 0 Å². The van der Waals surface area contributed by atoms with Crippen molar-refractivity contribution in [3.8, 4) is 0 Å². The second-order valence-corrected chi connectivity index (χ2v) is 6.24. The maximum absolute atomic E-state index is 12.5. The normalized spacial score (nSPS) is 15.2. The second kappa shape index (κ2) is 12.0. The zero-order valence-electron chi connectivity index (χ0n) is 15.2. The maximum atomic E-state index is 12.5. The minimum atomic E-state index is -0.987. The number of rotatable bonds is 13. The highest BCUT2D eigenvalue weighted by molar-refractivity contribution is 5.91. The molecule has 0 saturated carbocycles. The molecule has 0 spiro atoms. The van der Waals surface area contributed by atoms with Gasteiger partial charge in [-0.15, -0.1) is 0 Å². The molecule has 8 N–H and O–H groups in total. The van der Waals surface area contributed by atoms with Crippen molar-refractivity contribution in [1.82, 2.24) is 10.6 Å². The van der Waals surface area contributed by atoms with E-state index in [1.54, 1.807) is 6.92 Å². The third kappa shape index (κ3) is 9.11. The summed E-state index contributed by atoms with van der Waals surface area (Å²) in [5.74, 6) is -2.54. The molecule has 4 atom stereocenters. The summed E-state index contributed by atoms with van der Waals surface area (Å²) < 4.78 is 0. The van der Waals surface area contributed by atoms with E-state index in [9.17, 15) is 24.0 Å². The molecule has 0 fully saturated rings. The van der Waals surface area contributed by atoms with E-state index < -0.39 is 41.8 Å². The Kier molecular flexibility index (Phi) is 10.8. The fraction of sp³-hybridized carbons (Fsp3) is 0.688. The molecule has 26 heavy (non-hydrogen) atoms. The van der Waals surface area contributed by atoms with Crippen LogP contribution in [0.15, 0.2) is 0 Å². The van der Waals surface area contributed by atoms with Crippen LogP contribution in [0.4, 0.5) is 0 Å². The molecule has 0 saturated heterocycles. The zero-order chi connectivity index (χ0) is 20.3. The quantitative estimate of drug-likeness (QED) is 0.234. The van der Waals surface area contributed by atoms with Crippen LogP contribution in [0.25, 0.3) is 0 Å². The predicted molar refractivity (Wildman–Crippen MR) is 94.2 cm³/mol. The molecule has 0 aromatic heterocycles. The van der Waals surface area contributed by atoms with E-state index in [1.165, 1.54) is 0 Å². The van der Waals surface area contributed by atoms with Crippen LogP contribution in [0.1, 0.15) is 46.0 Å². The smallest absolute Gasteiger partial charge is 0.243 e. The van der Waals surface area contributed by atoms with Crippen LogP contribution in [-0.4, -0.2) is 48.0 Å². The summed E-state index contributed by atoms with van der Waals surface area (Å²) in [5, 5.41) is 5.04. The molecule has 0 aliphatic rings. The number of hydrogen-bond donors (Lipinski definition) is 5. The SMILES string of the molecule is CC[C@H](C)[C@H](NC(=O)[C@@H](N)CCC(N)=O)C(=O)N[C@H](C=O)CCC(N)=O. The van der Waals surface area contributed by atoms with Crippen molar-refractivity contribution < 1.29 is 24.0 Å². The van der Waals surface area contributed by atoms with Gasteiger partial charge in [-0.05, 0) is 18.8 Å². The third-order valence-corrected chi connectivity index (χ3v) is 4.03. The topological polar surface area (TPSA) is 187 Å². The average Bonchev–Trinajstić information content (AvgIpc) is 2.59. The molecule has 0 radical (unpaired) electrons. The number of amides is 4. The standard InChI is InChI=1S/C16H29N5O5/c1-3-9(2)14(21-15(25)11(17)5-7-13(19)24)16(26)20-10(8-22)4-6-12(18)23/h8-11,14H,3-7,17H2,1-2H3,(H2,18,23)(H2,19,24)(H,20,26)(H,21,25)/t9-,10-,11-,14-/m0/s1. The number of nitrogens with two attached hydrogens (primary N) is 3. The highest BCUT2D eigenvalue weighted by Gasteiger charge is 2.29. The van der Waals surface area contributed by atoms with Crippen LogP contribution in [0, 0.1) is 5.92 Å². The number of aldehydes is 1. The van der Waals surface area contributed by atoms with E-state index in [2.05, 4.69) is 10.6 Å². The molecule has 0 rings (SSSR count). The fourth-order valence-electron chi connectivity index (χ4n) is 2.14. The summed E-state index contributed by atoms with van der Waals surface area (Å²) in [6.07, 6.45) is 1.13. The molecule has 10 heteroatoms. The number of hydrogen-bond acceptors (Lipinski definition) is 6. The number of primary amides is 2. The third-order valence-electron chi connectivity index (χ3n) is 4.03. The molecule has 0 aliphatic heterocycles. The van der Waals surface area contributed by atoms with Gasteiger partial charge in [-0.2, -0.15) is 0 Å². The van der Waals surface area contributed by atoms with Crippen molar-refractivity contribution in [3.63, 3.8) is 0 Å². The van der Waals surface area contributed by atoms with Gasteiger partial charge in [0, 0.05) is 12.8 Å². The van der Waals surface area contributed by atoms with Crippen molar-refractivity contribution >= 4 is 29.9 Å². The van der Waals surface area contributed by atoms with Gasteiger partial charge in [-0.25, -0.2) is 0 Å². The van der Waals surface area contributed by atoms with E-state index in [0.29, 0.717) is 12.7 Å². The molecular formula is C16H29N5O5. The van der Waals surface area contributed by atoms with Gasteiger partial charge in [-0.3, -0.25) is 19.2 Å². The summed E-state index contributed by atoms with van der Waals surface area (Å²) in [4.78, 5) is 57.3. The summed E-state index contributed by atoms with van der Waals surface area (Å²) in [7, 11) is 0. The van der Waals surface area contributed by atoms with E-state index in [1.807, 2.05) is 6.92 Å². The molecular weight excluding hydrogens is 342 g/mol. The second-order valence-electron chi connectivity index (χ2n) is 6.24. The molecule has 4 amide bonds. The molecule has 0 aliphatic carbocycles. The highest BCUT2D eigenvalue weighted by Crippen LogP contribution is 2.09. The molecule has 0 aromatic rings. The van der Waals surface area contributed by atoms with Crippen molar-refractivity contribution in [3.05, 3.63) is 0 Å². The molecule has 148 valence electrons. The van der Waals surface area contributed by atoms with Crippen molar-refractivity contribution in [2.75, 3.05) is 0 Å². The monoisotopic (exact) mass is 371 g/mol. The number of carbonyl (C=O) groups excluding carboxylic acids is 5. The van der Waals surface area contributed by atoms with E-state index in [-0.39, 0.29) is 31.6 Å². The first-order valence-corrected chi connectivity index (χ1v) is 8.50. The van der Waals surface area contributed by atoms with E-state index >= 15 is 0 Å². The average molecular weight is 371 g/mol. The largest absolute Gasteiger partial charge is 0.370 e. The van der Waals surface area contributed by atoms with Crippen molar-refractivity contribution in [1.29, 1.82) is 0 Å². The summed E-state index contributed by atoms with van der Waals surface area (Å²) in [6.45, 7) is 3.60. The molecule has 0 heterocycles. The fourth-order valence-corrected chi connectivity index (χ4v) is 2.14. The van der Waals surface area contributed by atoms with Crippen LogP contribution in [0.5, 0.6) is 0 Å². The summed E-state index contributed by atoms with van der Waals surface area (Å²) >= 11 is 0. The first-order valence-electron chi connectivity index (χ1n) is 8.50. The maximum Gasteiger partial charge on any atom is 0.243 e. The van der Waals surface area contributed by atoms with Gasteiger partial charge in [-0.1, -0.05) is 20.3 Å². The Bertz CT molecular complexity index is 525. The lowest BCUT2D eigenvalue weighted by Gasteiger charge is -2.26. The van der Waals surface area contributed by atoms with E-state index in [4.69, 9.17) is 17.2 Å². The lowest BCUT2D eigenvalue weighted by atomic mass is 9.97. The lowest BCUT2D eigenvalue weighted by Crippen LogP contribution is -2.56. The number of nitrogens with one attached hydrogen (secondary N) is 2. The van der Waals surface area contributed by atoms with Crippen LogP contribution < -0.4 is 27.8 Å². The highest BCUT2D eigenvalue weighted by atomic mass is 16.2. The first kappa shape index (κ1) is 23.5. The Labute approximate surface area is 152 Å². The molecule has 10 nitrogen and oxygen atoms in total. The minimum Gasteiger partial charge on any atom is -0.370 e. The Balaban J connectivity index is 4.92. The number of carbonyl (C=O) groups is 5. The van der Waals surface area contributed by atoms with Crippen LogP contribution >= 0.6 is 0 Å². The van der Waals surface area contributed by atoms with Crippen molar-refractivity contribution in [2.24, 2.45) is 23.1 Å². The molecule has 0 bridgehead atoms. The van der Waals surface area contributed by atoms with Gasteiger partial charge in [0.25, 0.3) is 0 Å². The summed E-state index contributed by atoms with van der Waals surface area (Å²) in [6, 6.07) is -2.79. The van der Waals surface area contributed by atoms with Crippen LogP contribution in [-0.2, 0) is 24.0 Å². The van der Waals surface area contributed by atoms with Gasteiger partial charge in [0.1, 0.15) is 12.3 Å². The Hall–Kier alpha value is -2.49. The Morgan fingerprint density at radius 3 is 1.96 bits per heavy atom. The van der Waals surface area contributed by atoms with Gasteiger partial charge < -0.3 is 32.6 Å². The van der Waals surface area contributed by atoms with Crippen LogP contribution in [0.2, 0.25) is 0 Å². The van der Waals surface area contributed by atoms with E-state index in [0.717, 1.165) is 0 Å². The van der Waals surface area contributed by atoms with Crippen LogP contribution in [0.3, 0.4) is 0 Å². The molecule has 0 aromatic carbocycles. The first-order chi connectivity index (χ1) is 12.1. The van der Waals surface area contributed by atoms with Gasteiger partial charge in [0.05, 0.1) is 12.1 Å². The zero-order valence-corrected chi connectivity index (χ0v) is 15.2. The molecule has 0 unspecified atom stereocenters. The van der Waals surface area contributed by atoms with Crippen molar-refractivity contribution in [2.45, 2.75) is 64.1 Å². The van der Waals surface area contributed by atoms with Gasteiger partial charge in [0.15, 0.2) is 0 Å². The van der Waals surface area contributed by atoms with Gasteiger partial charge in [0.2, 0.25) is 23.6 Å². The lowest BCUT2D eigenvalue weighted by molar-refractivity contribution is -0.132.